The zero-order valence-electron chi connectivity index (χ0n) is 11.3. The van der Waals surface area contributed by atoms with Gasteiger partial charge >= 0.3 is 5.97 Å². The molecule has 0 fully saturated rings. The zero-order valence-corrected chi connectivity index (χ0v) is 12.0. The maximum Gasteiger partial charge on any atom is 0.356 e. The van der Waals surface area contributed by atoms with E-state index in [4.69, 9.17) is 22.4 Å². The predicted molar refractivity (Wildman–Crippen MR) is 75.3 cm³/mol. The van der Waals surface area contributed by atoms with E-state index in [9.17, 15) is 18.0 Å². The van der Waals surface area contributed by atoms with Crippen LogP contribution in [0.5, 0.6) is 0 Å². The lowest BCUT2D eigenvalue weighted by Crippen LogP contribution is -2.07. The average molecular weight is 331 g/mol. The minimum absolute atomic E-state index is 0.0938. The molecule has 0 saturated heterocycles. The lowest BCUT2D eigenvalue weighted by Gasteiger charge is -2.11. The summed E-state index contributed by atoms with van der Waals surface area (Å²) in [4.78, 5) is 14.6. The van der Waals surface area contributed by atoms with E-state index in [0.29, 0.717) is 0 Å². The van der Waals surface area contributed by atoms with E-state index >= 15 is 0 Å². The summed E-state index contributed by atoms with van der Waals surface area (Å²) in [6, 6.07) is 1.82. The number of nitrogen functional groups attached to an aromatic ring is 1. The summed E-state index contributed by atoms with van der Waals surface area (Å²) >= 11 is 5.68. The van der Waals surface area contributed by atoms with Crippen LogP contribution in [-0.4, -0.2) is 16.1 Å². The number of carboxylic acid groups (broad SMARTS) is 1. The monoisotopic (exact) mass is 330 g/mol. The van der Waals surface area contributed by atoms with Gasteiger partial charge in [0.15, 0.2) is 17.3 Å². The third-order valence-electron chi connectivity index (χ3n) is 3.06. The van der Waals surface area contributed by atoms with E-state index in [0.717, 1.165) is 12.1 Å². The molecule has 0 saturated carbocycles. The van der Waals surface area contributed by atoms with Crippen molar-refractivity contribution in [3.63, 3.8) is 0 Å². The number of pyridine rings is 1. The number of rotatable bonds is 3. The number of anilines is 1. The molecule has 0 amide bonds. The van der Waals surface area contributed by atoms with Crippen LogP contribution in [0.1, 0.15) is 23.0 Å². The Hall–Kier alpha value is -2.28. The first-order chi connectivity index (χ1) is 10.3. The molecule has 1 aromatic carbocycles. The SMILES string of the molecule is CCc1cc(F)c(-c2cc(N)c(Cl)c(C(=O)O)n2)c(F)c1F. The molecule has 0 radical (unpaired) electrons. The van der Waals surface area contributed by atoms with Crippen molar-refractivity contribution in [3.8, 4) is 11.3 Å². The Balaban J connectivity index is 2.78. The maximum absolute atomic E-state index is 14.1. The van der Waals surface area contributed by atoms with E-state index < -0.39 is 40.4 Å². The summed E-state index contributed by atoms with van der Waals surface area (Å²) in [7, 11) is 0. The lowest BCUT2D eigenvalue weighted by molar-refractivity contribution is 0.0691. The smallest absolute Gasteiger partial charge is 0.356 e. The first kappa shape index (κ1) is 16.1. The van der Waals surface area contributed by atoms with Crippen LogP contribution in [0.4, 0.5) is 18.9 Å². The van der Waals surface area contributed by atoms with Gasteiger partial charge in [-0.25, -0.2) is 22.9 Å². The summed E-state index contributed by atoms with van der Waals surface area (Å²) < 4.78 is 42.0. The second kappa shape index (κ2) is 5.84. The van der Waals surface area contributed by atoms with E-state index in [1.54, 1.807) is 0 Å². The molecule has 0 bridgehead atoms. The number of halogens is 4. The van der Waals surface area contributed by atoms with Gasteiger partial charge in [0, 0.05) is 0 Å². The van der Waals surface area contributed by atoms with Crippen molar-refractivity contribution < 1.29 is 23.1 Å². The fourth-order valence-electron chi connectivity index (χ4n) is 1.96. The Kier molecular flexibility index (Phi) is 4.27. The Morgan fingerprint density at radius 3 is 2.50 bits per heavy atom. The van der Waals surface area contributed by atoms with Gasteiger partial charge in [-0.2, -0.15) is 0 Å². The highest BCUT2D eigenvalue weighted by Gasteiger charge is 2.23. The lowest BCUT2D eigenvalue weighted by atomic mass is 10.0. The Bertz CT molecular complexity index is 781. The van der Waals surface area contributed by atoms with Crippen molar-refractivity contribution in [2.75, 3.05) is 5.73 Å². The van der Waals surface area contributed by atoms with E-state index in [1.807, 2.05) is 0 Å². The highest BCUT2D eigenvalue weighted by Crippen LogP contribution is 2.33. The van der Waals surface area contributed by atoms with Crippen LogP contribution in [0.15, 0.2) is 12.1 Å². The number of aromatic carboxylic acids is 1. The number of carboxylic acids is 1. The molecule has 0 aliphatic rings. The highest BCUT2D eigenvalue weighted by atomic mass is 35.5. The van der Waals surface area contributed by atoms with Crippen LogP contribution in [0.2, 0.25) is 5.02 Å². The minimum Gasteiger partial charge on any atom is -0.476 e. The van der Waals surface area contributed by atoms with Gasteiger partial charge in [0.25, 0.3) is 0 Å². The summed E-state index contributed by atoms with van der Waals surface area (Å²) in [6.07, 6.45) is 0.0938. The Labute approximate surface area is 128 Å². The van der Waals surface area contributed by atoms with Crippen LogP contribution >= 0.6 is 11.6 Å². The molecule has 0 aliphatic carbocycles. The molecule has 1 heterocycles. The molecule has 116 valence electrons. The van der Waals surface area contributed by atoms with Gasteiger partial charge in [-0.3, -0.25) is 0 Å². The highest BCUT2D eigenvalue weighted by molar-refractivity contribution is 6.35. The first-order valence-electron chi connectivity index (χ1n) is 6.13. The predicted octanol–water partition coefficient (Wildman–Crippen LogP) is 3.66. The minimum atomic E-state index is -1.52. The summed E-state index contributed by atoms with van der Waals surface area (Å²) in [5.41, 5.74) is 3.23. The second-order valence-electron chi connectivity index (χ2n) is 4.44. The Morgan fingerprint density at radius 1 is 1.32 bits per heavy atom. The third kappa shape index (κ3) is 2.59. The van der Waals surface area contributed by atoms with Gasteiger partial charge in [0.05, 0.1) is 22.0 Å². The summed E-state index contributed by atoms with van der Waals surface area (Å²) in [5.74, 6) is -5.26. The van der Waals surface area contributed by atoms with E-state index in [1.165, 1.54) is 6.92 Å². The largest absolute Gasteiger partial charge is 0.476 e. The molecule has 0 unspecified atom stereocenters. The van der Waals surface area contributed by atoms with Crippen LogP contribution in [0.25, 0.3) is 11.3 Å². The van der Waals surface area contributed by atoms with Crippen molar-refractivity contribution in [2.45, 2.75) is 13.3 Å². The van der Waals surface area contributed by atoms with Gasteiger partial charge in [-0.05, 0) is 24.1 Å². The quantitative estimate of drug-likeness (QED) is 0.842. The fraction of sp³-hybridized carbons (Fsp3) is 0.143. The molecule has 2 rings (SSSR count). The molecule has 0 atom stereocenters. The number of nitrogens with zero attached hydrogens (tertiary/aromatic N) is 1. The second-order valence-corrected chi connectivity index (χ2v) is 4.82. The van der Waals surface area contributed by atoms with Gasteiger partial charge < -0.3 is 10.8 Å². The fourth-order valence-corrected chi connectivity index (χ4v) is 2.13. The molecular formula is C14H10ClF3N2O2. The molecular weight excluding hydrogens is 321 g/mol. The van der Waals surface area contributed by atoms with Crippen molar-refractivity contribution >= 4 is 23.3 Å². The normalized spacial score (nSPS) is 10.8. The molecule has 2 aromatic rings. The number of nitrogens with two attached hydrogens (primary N) is 1. The van der Waals surface area contributed by atoms with Crippen molar-refractivity contribution in [2.24, 2.45) is 0 Å². The number of aromatic nitrogens is 1. The van der Waals surface area contributed by atoms with Crippen LogP contribution in [0, 0.1) is 17.5 Å². The topological polar surface area (TPSA) is 76.2 Å². The van der Waals surface area contributed by atoms with Crippen molar-refractivity contribution in [1.29, 1.82) is 0 Å². The number of hydrogen-bond donors (Lipinski definition) is 2. The maximum atomic E-state index is 14.1. The third-order valence-corrected chi connectivity index (χ3v) is 3.46. The number of aryl methyl sites for hydroxylation is 1. The van der Waals surface area contributed by atoms with Gasteiger partial charge in [-0.1, -0.05) is 18.5 Å². The molecule has 3 N–H and O–H groups in total. The van der Waals surface area contributed by atoms with E-state index in [2.05, 4.69) is 4.98 Å². The molecule has 8 heteroatoms. The summed E-state index contributed by atoms with van der Waals surface area (Å²) in [6.45, 7) is 1.54. The van der Waals surface area contributed by atoms with Crippen LogP contribution in [-0.2, 0) is 6.42 Å². The van der Waals surface area contributed by atoms with Gasteiger partial charge in [0.2, 0.25) is 0 Å². The number of carbonyl (C=O) groups is 1. The van der Waals surface area contributed by atoms with E-state index in [-0.39, 0.29) is 22.7 Å². The standard InChI is InChI=1S/C14H10ClF3N2O2/c1-2-5-3-6(16)9(12(18)11(5)17)8-4-7(19)10(15)13(20-8)14(21)22/h3-4H,2H2,1H3,(H2,19,20)(H,21,22). The average Bonchev–Trinajstić information content (AvgIpc) is 2.46. The number of hydrogen-bond acceptors (Lipinski definition) is 3. The zero-order chi connectivity index (χ0) is 16.6. The summed E-state index contributed by atoms with van der Waals surface area (Å²) in [5, 5.41) is 8.61. The van der Waals surface area contributed by atoms with Crippen molar-refractivity contribution in [3.05, 3.63) is 45.9 Å². The van der Waals surface area contributed by atoms with Gasteiger partial charge in [0.1, 0.15) is 5.82 Å². The van der Waals surface area contributed by atoms with Crippen molar-refractivity contribution in [1.82, 2.24) is 4.98 Å². The number of benzene rings is 1. The molecule has 22 heavy (non-hydrogen) atoms. The molecule has 0 aliphatic heterocycles. The molecule has 0 spiro atoms. The first-order valence-corrected chi connectivity index (χ1v) is 6.51. The Morgan fingerprint density at radius 2 is 1.95 bits per heavy atom. The molecule has 1 aromatic heterocycles. The van der Waals surface area contributed by atoms with Crippen LogP contribution in [0.3, 0.4) is 0 Å². The molecule has 4 nitrogen and oxygen atoms in total. The van der Waals surface area contributed by atoms with Crippen LogP contribution < -0.4 is 5.73 Å². The van der Waals surface area contributed by atoms with Gasteiger partial charge in [-0.15, -0.1) is 0 Å².